The summed E-state index contributed by atoms with van der Waals surface area (Å²) < 4.78 is 5.48. The number of nitrogens with zero attached hydrogens (tertiary/aromatic N) is 1. The van der Waals surface area contributed by atoms with Gasteiger partial charge in [0.2, 0.25) is 5.91 Å². The van der Waals surface area contributed by atoms with Crippen molar-refractivity contribution in [3.05, 3.63) is 71.3 Å². The van der Waals surface area contributed by atoms with Gasteiger partial charge in [-0.05, 0) is 23.6 Å². The van der Waals surface area contributed by atoms with E-state index < -0.39 is 0 Å². The van der Waals surface area contributed by atoms with Crippen molar-refractivity contribution < 1.29 is 9.53 Å². The lowest BCUT2D eigenvalue weighted by Crippen LogP contribution is -2.30. The number of aryl methyl sites for hydroxylation is 1. The molecule has 3 heteroatoms. The maximum Gasteiger partial charge on any atom is 0.248 e. The molecule has 0 saturated carbocycles. The van der Waals surface area contributed by atoms with Crippen LogP contribution < -0.4 is 0 Å². The van der Waals surface area contributed by atoms with Crippen LogP contribution in [0.2, 0.25) is 0 Å². The number of hydrogen-bond acceptors (Lipinski definition) is 2. The molecule has 0 atom stereocenters. The topological polar surface area (TPSA) is 29.5 Å². The van der Waals surface area contributed by atoms with E-state index in [-0.39, 0.29) is 12.5 Å². The molecule has 0 aromatic heterocycles. The highest BCUT2D eigenvalue weighted by atomic mass is 16.5. The van der Waals surface area contributed by atoms with Crippen LogP contribution in [0, 0.1) is 6.92 Å². The van der Waals surface area contributed by atoms with E-state index in [1.165, 1.54) is 5.56 Å². The summed E-state index contributed by atoms with van der Waals surface area (Å²) in [5, 5.41) is 0. The predicted octanol–water partition coefficient (Wildman–Crippen LogP) is 3.17. The molecular weight excluding hydrogens is 262 g/mol. The van der Waals surface area contributed by atoms with Crippen molar-refractivity contribution in [2.45, 2.75) is 20.1 Å². The monoisotopic (exact) mass is 283 g/mol. The van der Waals surface area contributed by atoms with Crippen molar-refractivity contribution in [3.63, 3.8) is 0 Å². The molecule has 0 aliphatic carbocycles. The van der Waals surface area contributed by atoms with Crippen molar-refractivity contribution >= 4 is 5.91 Å². The van der Waals surface area contributed by atoms with Crippen molar-refractivity contribution in [2.24, 2.45) is 0 Å². The fraction of sp³-hybridized carbons (Fsp3) is 0.278. The molecule has 0 spiro atoms. The Morgan fingerprint density at radius 1 is 1.05 bits per heavy atom. The number of amides is 1. The maximum atomic E-state index is 12.0. The van der Waals surface area contributed by atoms with Crippen molar-refractivity contribution in [1.82, 2.24) is 4.90 Å². The molecule has 0 saturated heterocycles. The lowest BCUT2D eigenvalue weighted by atomic mass is 10.1. The second-order valence-electron chi connectivity index (χ2n) is 5.15. The predicted molar refractivity (Wildman–Crippen MR) is 83.8 cm³/mol. The van der Waals surface area contributed by atoms with Crippen LogP contribution in [0.5, 0.6) is 0 Å². The lowest BCUT2D eigenvalue weighted by molar-refractivity contribution is -0.135. The van der Waals surface area contributed by atoms with Gasteiger partial charge in [-0.15, -0.1) is 0 Å². The molecule has 0 bridgehead atoms. The van der Waals surface area contributed by atoms with Gasteiger partial charge in [-0.3, -0.25) is 4.79 Å². The van der Waals surface area contributed by atoms with Gasteiger partial charge in [0.1, 0.15) is 6.61 Å². The van der Waals surface area contributed by atoms with Crippen LogP contribution in [0.4, 0.5) is 0 Å². The number of carbonyl (C=O) groups is 1. The molecule has 2 aromatic carbocycles. The Hall–Kier alpha value is -2.13. The standard InChI is InChI=1S/C18H21NO2/c1-15-8-6-7-11-17(15)12-19(2)18(20)14-21-13-16-9-4-3-5-10-16/h3-11H,12-14H2,1-2H3. The van der Waals surface area contributed by atoms with Gasteiger partial charge in [-0.2, -0.15) is 0 Å². The zero-order chi connectivity index (χ0) is 15.1. The molecule has 0 unspecified atom stereocenters. The number of ether oxygens (including phenoxy) is 1. The first-order chi connectivity index (χ1) is 10.2. The normalized spacial score (nSPS) is 10.4. The molecule has 3 nitrogen and oxygen atoms in total. The third-order valence-electron chi connectivity index (χ3n) is 3.43. The summed E-state index contributed by atoms with van der Waals surface area (Å²) in [7, 11) is 1.81. The van der Waals surface area contributed by atoms with Gasteiger partial charge < -0.3 is 9.64 Å². The van der Waals surface area contributed by atoms with E-state index in [9.17, 15) is 4.79 Å². The molecular formula is C18H21NO2. The molecule has 110 valence electrons. The van der Waals surface area contributed by atoms with Crippen LogP contribution in [0.3, 0.4) is 0 Å². The van der Waals surface area contributed by atoms with E-state index in [2.05, 4.69) is 13.0 Å². The second kappa shape index (κ2) is 7.60. The molecule has 0 radical (unpaired) electrons. The van der Waals surface area contributed by atoms with E-state index in [1.54, 1.807) is 11.9 Å². The molecule has 2 aromatic rings. The summed E-state index contributed by atoms with van der Waals surface area (Å²) in [5.41, 5.74) is 3.44. The van der Waals surface area contributed by atoms with Gasteiger partial charge in [0, 0.05) is 13.6 Å². The van der Waals surface area contributed by atoms with Crippen molar-refractivity contribution in [1.29, 1.82) is 0 Å². The van der Waals surface area contributed by atoms with Crippen LogP contribution in [-0.4, -0.2) is 24.5 Å². The van der Waals surface area contributed by atoms with Gasteiger partial charge in [0.25, 0.3) is 0 Å². The fourth-order valence-electron chi connectivity index (χ4n) is 2.07. The Balaban J connectivity index is 1.79. The Labute approximate surface area is 126 Å². The lowest BCUT2D eigenvalue weighted by Gasteiger charge is -2.18. The van der Waals surface area contributed by atoms with Crippen LogP contribution in [-0.2, 0) is 22.7 Å². The van der Waals surface area contributed by atoms with E-state index >= 15 is 0 Å². The molecule has 0 heterocycles. The first kappa shape index (κ1) is 15.3. The van der Waals surface area contributed by atoms with E-state index in [1.807, 2.05) is 48.5 Å². The second-order valence-corrected chi connectivity index (χ2v) is 5.15. The average Bonchev–Trinajstić information content (AvgIpc) is 2.50. The SMILES string of the molecule is Cc1ccccc1CN(C)C(=O)COCc1ccccc1. The molecule has 0 fully saturated rings. The van der Waals surface area contributed by atoms with Gasteiger partial charge in [-0.25, -0.2) is 0 Å². The number of benzene rings is 2. The zero-order valence-electron chi connectivity index (χ0n) is 12.6. The molecule has 0 N–H and O–H groups in total. The minimum atomic E-state index is -0.00539. The quantitative estimate of drug-likeness (QED) is 0.815. The Morgan fingerprint density at radius 2 is 1.71 bits per heavy atom. The Bertz CT molecular complexity index is 581. The highest BCUT2D eigenvalue weighted by Gasteiger charge is 2.10. The minimum absolute atomic E-state index is 0.00539. The van der Waals surface area contributed by atoms with Gasteiger partial charge >= 0.3 is 0 Å². The molecule has 21 heavy (non-hydrogen) atoms. The zero-order valence-corrected chi connectivity index (χ0v) is 12.6. The van der Waals surface area contributed by atoms with Crippen LogP contribution in [0.15, 0.2) is 54.6 Å². The first-order valence-electron chi connectivity index (χ1n) is 7.07. The summed E-state index contributed by atoms with van der Waals surface area (Å²) in [6.45, 7) is 3.24. The number of hydrogen-bond donors (Lipinski definition) is 0. The molecule has 1 amide bonds. The largest absolute Gasteiger partial charge is 0.367 e. The maximum absolute atomic E-state index is 12.0. The van der Waals surface area contributed by atoms with E-state index in [4.69, 9.17) is 4.74 Å². The summed E-state index contributed by atoms with van der Waals surface area (Å²) in [4.78, 5) is 13.8. The minimum Gasteiger partial charge on any atom is -0.367 e. The van der Waals surface area contributed by atoms with Crippen LogP contribution in [0.1, 0.15) is 16.7 Å². The number of carbonyl (C=O) groups excluding carboxylic acids is 1. The first-order valence-corrected chi connectivity index (χ1v) is 7.07. The third kappa shape index (κ3) is 4.72. The highest BCUT2D eigenvalue weighted by Crippen LogP contribution is 2.09. The van der Waals surface area contributed by atoms with Crippen LogP contribution in [0.25, 0.3) is 0 Å². The summed E-state index contributed by atoms with van der Waals surface area (Å²) in [6, 6.07) is 18.0. The van der Waals surface area contributed by atoms with Gasteiger partial charge in [-0.1, -0.05) is 54.6 Å². The summed E-state index contributed by atoms with van der Waals surface area (Å²) >= 11 is 0. The number of likely N-dealkylation sites (N-methyl/N-ethyl adjacent to an activating group) is 1. The number of rotatable bonds is 6. The Kier molecular flexibility index (Phi) is 5.52. The van der Waals surface area contributed by atoms with Gasteiger partial charge in [0.05, 0.1) is 6.61 Å². The highest BCUT2D eigenvalue weighted by molar-refractivity contribution is 5.77. The summed E-state index contributed by atoms with van der Waals surface area (Å²) in [6.07, 6.45) is 0. The summed E-state index contributed by atoms with van der Waals surface area (Å²) in [5.74, 6) is -0.00539. The third-order valence-corrected chi connectivity index (χ3v) is 3.43. The Morgan fingerprint density at radius 3 is 2.43 bits per heavy atom. The van der Waals surface area contributed by atoms with Gasteiger partial charge in [0.15, 0.2) is 0 Å². The molecule has 0 aliphatic heterocycles. The van der Waals surface area contributed by atoms with Crippen molar-refractivity contribution in [2.75, 3.05) is 13.7 Å². The average molecular weight is 283 g/mol. The van der Waals surface area contributed by atoms with E-state index in [0.717, 1.165) is 11.1 Å². The molecule has 2 rings (SSSR count). The fourth-order valence-corrected chi connectivity index (χ4v) is 2.07. The van der Waals surface area contributed by atoms with Crippen LogP contribution >= 0.6 is 0 Å². The van der Waals surface area contributed by atoms with Crippen molar-refractivity contribution in [3.8, 4) is 0 Å². The molecule has 0 aliphatic rings. The van der Waals surface area contributed by atoms with E-state index in [0.29, 0.717) is 13.2 Å². The smallest absolute Gasteiger partial charge is 0.248 e.